The van der Waals surface area contributed by atoms with Crippen molar-refractivity contribution in [3.05, 3.63) is 59.7 Å². The van der Waals surface area contributed by atoms with Crippen molar-refractivity contribution in [1.82, 2.24) is 34.7 Å². The molecule has 1 aromatic carbocycles. The van der Waals surface area contributed by atoms with Gasteiger partial charge in [-0.25, -0.2) is 19.9 Å². The molecule has 37 heavy (non-hydrogen) atoms. The van der Waals surface area contributed by atoms with Crippen molar-refractivity contribution in [3.8, 4) is 11.3 Å². The number of fused-ring (bicyclic) bond motifs is 2. The SMILES string of the molecule is O=C(C1CC1)N1CCN(Cc2ccnc(Nc3nc4ccc(-c5ncnc6c5COC6)cc4[nH]3)c2)CC1. The zero-order valence-corrected chi connectivity index (χ0v) is 20.5. The highest BCUT2D eigenvalue weighted by molar-refractivity contribution is 5.84. The molecule has 1 amide bonds. The second-order valence-electron chi connectivity index (χ2n) is 10.0. The largest absolute Gasteiger partial charge is 0.370 e. The predicted octanol–water partition coefficient (Wildman–Crippen LogP) is 3.24. The summed E-state index contributed by atoms with van der Waals surface area (Å²) >= 11 is 0. The van der Waals surface area contributed by atoms with E-state index in [-0.39, 0.29) is 0 Å². The van der Waals surface area contributed by atoms with Crippen LogP contribution in [0.4, 0.5) is 11.8 Å². The summed E-state index contributed by atoms with van der Waals surface area (Å²) in [5.41, 5.74) is 6.88. The number of amides is 1. The van der Waals surface area contributed by atoms with Gasteiger partial charge in [0.25, 0.3) is 0 Å². The maximum absolute atomic E-state index is 12.3. The fourth-order valence-electron chi connectivity index (χ4n) is 5.17. The number of benzene rings is 1. The third-order valence-electron chi connectivity index (χ3n) is 7.36. The van der Waals surface area contributed by atoms with Gasteiger partial charge in [-0.1, -0.05) is 6.07 Å². The molecule has 188 valence electrons. The number of ether oxygens (including phenoxy) is 1. The molecule has 2 aliphatic heterocycles. The minimum absolute atomic E-state index is 0.299. The molecule has 0 spiro atoms. The number of aromatic nitrogens is 5. The van der Waals surface area contributed by atoms with E-state index in [9.17, 15) is 4.79 Å². The van der Waals surface area contributed by atoms with Gasteiger partial charge in [-0.05, 0) is 42.7 Å². The molecule has 3 aromatic heterocycles. The Balaban J connectivity index is 1.03. The summed E-state index contributed by atoms with van der Waals surface area (Å²) in [6, 6.07) is 10.2. The van der Waals surface area contributed by atoms with E-state index in [0.717, 1.165) is 84.9 Å². The van der Waals surface area contributed by atoms with E-state index in [4.69, 9.17) is 9.72 Å². The molecule has 4 aromatic rings. The number of imidazole rings is 1. The lowest BCUT2D eigenvalue weighted by molar-refractivity contribution is -0.134. The minimum atomic E-state index is 0.299. The van der Waals surface area contributed by atoms with Gasteiger partial charge in [0, 0.05) is 56.0 Å². The maximum atomic E-state index is 12.3. The number of piperazine rings is 1. The Morgan fingerprint density at radius 2 is 1.95 bits per heavy atom. The third-order valence-corrected chi connectivity index (χ3v) is 7.36. The van der Waals surface area contributed by atoms with E-state index in [1.165, 1.54) is 5.56 Å². The highest BCUT2D eigenvalue weighted by atomic mass is 16.5. The van der Waals surface area contributed by atoms with Crippen LogP contribution in [0, 0.1) is 5.92 Å². The summed E-state index contributed by atoms with van der Waals surface area (Å²) in [5, 5.41) is 3.32. The summed E-state index contributed by atoms with van der Waals surface area (Å²) in [6.07, 6.45) is 5.55. The summed E-state index contributed by atoms with van der Waals surface area (Å²) in [6.45, 7) is 5.34. The van der Waals surface area contributed by atoms with E-state index < -0.39 is 0 Å². The first kappa shape index (κ1) is 22.3. The van der Waals surface area contributed by atoms with E-state index in [1.807, 2.05) is 29.3 Å². The first-order valence-electron chi connectivity index (χ1n) is 12.8. The molecule has 10 nitrogen and oxygen atoms in total. The molecule has 3 aliphatic rings. The number of hydrogen-bond acceptors (Lipinski definition) is 8. The monoisotopic (exact) mass is 496 g/mol. The Morgan fingerprint density at radius 1 is 1.05 bits per heavy atom. The second kappa shape index (κ2) is 9.20. The van der Waals surface area contributed by atoms with Gasteiger partial charge in [-0.15, -0.1) is 0 Å². The molecule has 1 saturated carbocycles. The number of nitrogens with one attached hydrogen (secondary N) is 2. The number of carbonyl (C=O) groups is 1. The van der Waals surface area contributed by atoms with Crippen molar-refractivity contribution in [2.24, 2.45) is 5.92 Å². The Kier molecular flexibility index (Phi) is 5.55. The number of nitrogens with zero attached hydrogens (tertiary/aromatic N) is 6. The Hall–Kier alpha value is -3.89. The van der Waals surface area contributed by atoms with Gasteiger partial charge >= 0.3 is 0 Å². The van der Waals surface area contributed by atoms with E-state index in [1.54, 1.807) is 6.33 Å². The topological polar surface area (TPSA) is 112 Å². The smallest absolute Gasteiger partial charge is 0.225 e. The maximum Gasteiger partial charge on any atom is 0.225 e. The zero-order valence-electron chi connectivity index (χ0n) is 20.5. The average Bonchev–Trinajstić information content (AvgIpc) is 3.52. The standard InChI is InChI=1S/C27H28N8O2/c36-26(18-1-2-18)35-9-7-34(8-10-35)13-17-5-6-28-24(11-17)33-27-31-21-4-3-19(12-22(21)32-27)25-20-14-37-15-23(20)29-16-30-25/h3-6,11-12,16,18H,1-2,7-10,13-15H2,(H2,28,31,32,33). The van der Waals surface area contributed by atoms with Crippen LogP contribution in [-0.4, -0.2) is 66.8 Å². The first-order valence-corrected chi connectivity index (χ1v) is 12.8. The molecule has 1 aliphatic carbocycles. The number of H-pyrrole nitrogens is 1. The van der Waals surface area contributed by atoms with E-state index in [2.05, 4.69) is 42.3 Å². The third kappa shape index (κ3) is 4.54. The Bertz CT molecular complexity index is 1470. The summed E-state index contributed by atoms with van der Waals surface area (Å²) < 4.78 is 5.56. The van der Waals surface area contributed by atoms with Gasteiger partial charge in [0.15, 0.2) is 0 Å². The summed E-state index contributed by atoms with van der Waals surface area (Å²) in [4.78, 5) is 38.1. The molecule has 1 saturated heterocycles. The van der Waals surface area contributed by atoms with Crippen LogP contribution in [0.2, 0.25) is 0 Å². The quantitative estimate of drug-likeness (QED) is 0.418. The van der Waals surface area contributed by atoms with E-state index in [0.29, 0.717) is 31.0 Å². The van der Waals surface area contributed by atoms with Crippen LogP contribution in [0.1, 0.15) is 29.7 Å². The van der Waals surface area contributed by atoms with Gasteiger partial charge in [-0.3, -0.25) is 9.69 Å². The molecule has 0 bridgehead atoms. The van der Waals surface area contributed by atoms with Crippen LogP contribution in [0.3, 0.4) is 0 Å². The van der Waals surface area contributed by atoms with Crippen LogP contribution in [0.25, 0.3) is 22.3 Å². The van der Waals surface area contributed by atoms with Gasteiger partial charge in [0.2, 0.25) is 11.9 Å². The molecule has 5 heterocycles. The lowest BCUT2D eigenvalue weighted by Crippen LogP contribution is -2.48. The molecule has 10 heteroatoms. The fraction of sp³-hybridized carbons (Fsp3) is 0.370. The Labute approximate surface area is 214 Å². The molecule has 0 atom stereocenters. The number of anilines is 2. The summed E-state index contributed by atoms with van der Waals surface area (Å²) in [5.74, 6) is 2.03. The van der Waals surface area contributed by atoms with Crippen molar-refractivity contribution in [3.63, 3.8) is 0 Å². The molecule has 7 rings (SSSR count). The molecule has 2 fully saturated rings. The van der Waals surface area contributed by atoms with Crippen LogP contribution < -0.4 is 5.32 Å². The van der Waals surface area contributed by atoms with Crippen molar-refractivity contribution >= 4 is 28.7 Å². The molecular weight excluding hydrogens is 468 g/mol. The van der Waals surface area contributed by atoms with Gasteiger partial charge in [0.1, 0.15) is 12.1 Å². The number of hydrogen-bond donors (Lipinski definition) is 2. The normalized spacial score (nSPS) is 17.8. The van der Waals surface area contributed by atoms with Crippen molar-refractivity contribution in [2.45, 2.75) is 32.6 Å². The number of aromatic amines is 1. The lowest BCUT2D eigenvalue weighted by atomic mass is 10.1. The lowest BCUT2D eigenvalue weighted by Gasteiger charge is -2.34. The molecule has 0 radical (unpaired) electrons. The Morgan fingerprint density at radius 3 is 2.81 bits per heavy atom. The van der Waals surface area contributed by atoms with Gasteiger partial charge in [0.05, 0.1) is 35.6 Å². The van der Waals surface area contributed by atoms with Crippen LogP contribution in [0.5, 0.6) is 0 Å². The number of carbonyl (C=O) groups excluding carboxylic acids is 1. The fourth-order valence-corrected chi connectivity index (χ4v) is 5.17. The van der Waals surface area contributed by atoms with Crippen LogP contribution in [-0.2, 0) is 29.3 Å². The number of pyridine rings is 1. The molecular formula is C27H28N8O2. The highest BCUT2D eigenvalue weighted by Crippen LogP contribution is 2.32. The van der Waals surface area contributed by atoms with Gasteiger partial charge < -0.3 is 19.9 Å². The second-order valence-corrected chi connectivity index (χ2v) is 10.0. The minimum Gasteiger partial charge on any atom is -0.370 e. The van der Waals surface area contributed by atoms with Crippen molar-refractivity contribution < 1.29 is 9.53 Å². The van der Waals surface area contributed by atoms with Crippen LogP contribution >= 0.6 is 0 Å². The average molecular weight is 497 g/mol. The zero-order chi connectivity index (χ0) is 24.8. The summed E-state index contributed by atoms with van der Waals surface area (Å²) in [7, 11) is 0. The van der Waals surface area contributed by atoms with Crippen molar-refractivity contribution in [2.75, 3.05) is 31.5 Å². The van der Waals surface area contributed by atoms with Crippen molar-refractivity contribution in [1.29, 1.82) is 0 Å². The van der Waals surface area contributed by atoms with Gasteiger partial charge in [-0.2, -0.15) is 0 Å². The predicted molar refractivity (Wildman–Crippen MR) is 138 cm³/mol. The highest BCUT2D eigenvalue weighted by Gasteiger charge is 2.34. The number of rotatable bonds is 6. The molecule has 2 N–H and O–H groups in total. The van der Waals surface area contributed by atoms with Crippen LogP contribution in [0.15, 0.2) is 42.9 Å². The first-order chi connectivity index (χ1) is 18.2. The molecule has 0 unspecified atom stereocenters. The van der Waals surface area contributed by atoms with E-state index >= 15 is 0 Å².